The molecule has 5 heteroatoms. The van der Waals surface area contributed by atoms with Crippen LogP contribution < -0.4 is 4.90 Å². The molecular formula is C15H15FN2OS. The maximum atomic E-state index is 13.9. The van der Waals surface area contributed by atoms with Gasteiger partial charge in [0.2, 0.25) is 0 Å². The van der Waals surface area contributed by atoms with Crippen molar-refractivity contribution in [3.05, 3.63) is 40.7 Å². The van der Waals surface area contributed by atoms with E-state index in [0.29, 0.717) is 29.5 Å². The highest BCUT2D eigenvalue weighted by atomic mass is 32.1. The summed E-state index contributed by atoms with van der Waals surface area (Å²) in [6.45, 7) is 2.57. The molecule has 1 aromatic heterocycles. The zero-order valence-corrected chi connectivity index (χ0v) is 12.0. The van der Waals surface area contributed by atoms with Crippen LogP contribution in [0.2, 0.25) is 0 Å². The molecule has 1 heterocycles. The van der Waals surface area contributed by atoms with Gasteiger partial charge in [-0.1, -0.05) is 12.1 Å². The first-order valence-electron chi connectivity index (χ1n) is 6.75. The Labute approximate surface area is 121 Å². The molecule has 0 saturated carbocycles. The number of halogens is 1. The Morgan fingerprint density at radius 2 is 2.15 bits per heavy atom. The van der Waals surface area contributed by atoms with Crippen LogP contribution in [0.4, 0.5) is 15.2 Å². The molecule has 3 nitrogen and oxygen atoms in total. The molecule has 2 aromatic rings. The number of para-hydroxylation sites is 1. The maximum absolute atomic E-state index is 13.9. The molecule has 104 valence electrons. The minimum atomic E-state index is -0.270. The fourth-order valence-electron chi connectivity index (χ4n) is 2.45. The minimum Gasteiger partial charge on any atom is -0.315 e. The third-order valence-electron chi connectivity index (χ3n) is 3.45. The van der Waals surface area contributed by atoms with Crippen molar-refractivity contribution in [2.45, 2.75) is 26.2 Å². The van der Waals surface area contributed by atoms with Crippen LogP contribution in [0.3, 0.4) is 0 Å². The molecule has 20 heavy (non-hydrogen) atoms. The highest BCUT2D eigenvalue weighted by Gasteiger charge is 2.25. The number of benzene rings is 1. The van der Waals surface area contributed by atoms with Gasteiger partial charge in [-0.3, -0.25) is 4.79 Å². The number of thiazole rings is 1. The smallest absolute Gasteiger partial charge is 0.190 e. The van der Waals surface area contributed by atoms with E-state index in [-0.39, 0.29) is 11.6 Å². The molecule has 0 radical (unpaired) electrons. The van der Waals surface area contributed by atoms with Crippen molar-refractivity contribution in [1.29, 1.82) is 0 Å². The zero-order chi connectivity index (χ0) is 14.1. The molecule has 3 rings (SSSR count). The zero-order valence-electron chi connectivity index (χ0n) is 11.2. The first-order valence-corrected chi connectivity index (χ1v) is 7.57. The Hall–Kier alpha value is -1.75. The molecule has 1 aliphatic rings. The molecule has 0 atom stereocenters. The summed E-state index contributed by atoms with van der Waals surface area (Å²) in [7, 11) is 0. The standard InChI is InChI=1S/C15H15FN2OS/c1-2-18(11-7-4-3-6-10(11)16)15-17-14-12(19)8-5-9-13(14)20-15/h3-4,6-7H,2,5,8-9H2,1H3. The van der Waals surface area contributed by atoms with Crippen molar-refractivity contribution in [3.63, 3.8) is 0 Å². The number of hydrogen-bond acceptors (Lipinski definition) is 4. The largest absolute Gasteiger partial charge is 0.315 e. The predicted octanol–water partition coefficient (Wildman–Crippen LogP) is 3.96. The minimum absolute atomic E-state index is 0.110. The van der Waals surface area contributed by atoms with Crippen LogP contribution in [0, 0.1) is 5.82 Å². The van der Waals surface area contributed by atoms with Crippen molar-refractivity contribution in [1.82, 2.24) is 4.98 Å². The summed E-state index contributed by atoms with van der Waals surface area (Å²) in [4.78, 5) is 19.2. The van der Waals surface area contributed by atoms with E-state index in [1.165, 1.54) is 17.4 Å². The third kappa shape index (κ3) is 2.22. The number of aryl methyl sites for hydroxylation is 1. The first-order chi connectivity index (χ1) is 9.70. The molecule has 0 spiro atoms. The Morgan fingerprint density at radius 3 is 2.85 bits per heavy atom. The molecule has 1 aromatic carbocycles. The molecular weight excluding hydrogens is 275 g/mol. The van der Waals surface area contributed by atoms with Gasteiger partial charge in [-0.15, -0.1) is 11.3 Å². The number of ketones is 1. The van der Waals surface area contributed by atoms with Gasteiger partial charge in [0.25, 0.3) is 0 Å². The van der Waals surface area contributed by atoms with Gasteiger partial charge in [0, 0.05) is 17.8 Å². The highest BCUT2D eigenvalue weighted by Crippen LogP contribution is 2.35. The van der Waals surface area contributed by atoms with Crippen LogP contribution in [0.25, 0.3) is 0 Å². The number of aromatic nitrogens is 1. The monoisotopic (exact) mass is 290 g/mol. The van der Waals surface area contributed by atoms with Crippen LogP contribution in [0.15, 0.2) is 24.3 Å². The number of anilines is 2. The molecule has 0 N–H and O–H groups in total. The number of fused-ring (bicyclic) bond motifs is 1. The number of rotatable bonds is 3. The SMILES string of the molecule is CCN(c1nc2c(s1)CCCC2=O)c1ccccc1F. The Kier molecular flexibility index (Phi) is 3.53. The average molecular weight is 290 g/mol. The van der Waals surface area contributed by atoms with Gasteiger partial charge >= 0.3 is 0 Å². The fraction of sp³-hybridized carbons (Fsp3) is 0.333. The van der Waals surface area contributed by atoms with Crippen LogP contribution in [0.1, 0.15) is 35.1 Å². The number of nitrogens with zero attached hydrogens (tertiary/aromatic N) is 2. The molecule has 1 aliphatic carbocycles. The molecule has 0 aliphatic heterocycles. The lowest BCUT2D eigenvalue weighted by molar-refractivity contribution is 0.0968. The number of Topliss-reactive ketones (excluding diaryl/α,β-unsaturated/α-hetero) is 1. The second-order valence-corrected chi connectivity index (χ2v) is 5.80. The summed E-state index contributed by atoms with van der Waals surface area (Å²) in [6, 6.07) is 6.65. The highest BCUT2D eigenvalue weighted by molar-refractivity contribution is 7.16. The van der Waals surface area contributed by atoms with Crippen molar-refractivity contribution in [2.24, 2.45) is 0 Å². The number of hydrogen-bond donors (Lipinski definition) is 0. The van der Waals surface area contributed by atoms with Gasteiger partial charge < -0.3 is 4.90 Å². The van der Waals surface area contributed by atoms with E-state index in [1.807, 2.05) is 11.8 Å². The second-order valence-electron chi connectivity index (χ2n) is 4.74. The normalized spacial score (nSPS) is 14.2. The van der Waals surface area contributed by atoms with Crippen LogP contribution in [-0.4, -0.2) is 17.3 Å². The van der Waals surface area contributed by atoms with Crippen molar-refractivity contribution in [2.75, 3.05) is 11.4 Å². The summed E-state index contributed by atoms with van der Waals surface area (Å²) in [5, 5.41) is 0.706. The predicted molar refractivity (Wildman–Crippen MR) is 78.5 cm³/mol. The second kappa shape index (κ2) is 5.32. The summed E-state index contributed by atoms with van der Waals surface area (Å²) in [5.74, 6) is -0.160. The summed E-state index contributed by atoms with van der Waals surface area (Å²) in [6.07, 6.45) is 2.36. The van der Waals surface area contributed by atoms with E-state index in [4.69, 9.17) is 0 Å². The first kappa shape index (κ1) is 13.2. The Balaban J connectivity index is 2.03. The maximum Gasteiger partial charge on any atom is 0.190 e. The van der Waals surface area contributed by atoms with Crippen LogP contribution >= 0.6 is 11.3 Å². The van der Waals surface area contributed by atoms with E-state index in [0.717, 1.165) is 17.7 Å². The van der Waals surface area contributed by atoms with Crippen LogP contribution in [0.5, 0.6) is 0 Å². The topological polar surface area (TPSA) is 33.2 Å². The van der Waals surface area contributed by atoms with Gasteiger partial charge in [0.1, 0.15) is 11.5 Å². The lowest BCUT2D eigenvalue weighted by Crippen LogP contribution is -2.17. The van der Waals surface area contributed by atoms with E-state index < -0.39 is 0 Å². The van der Waals surface area contributed by atoms with Crippen molar-refractivity contribution < 1.29 is 9.18 Å². The van der Waals surface area contributed by atoms with Crippen LogP contribution in [-0.2, 0) is 6.42 Å². The summed E-state index contributed by atoms with van der Waals surface area (Å²) >= 11 is 1.50. The molecule has 0 amide bonds. The summed E-state index contributed by atoms with van der Waals surface area (Å²) in [5.41, 5.74) is 1.10. The molecule has 0 unspecified atom stereocenters. The Bertz CT molecular complexity index is 653. The molecule has 0 saturated heterocycles. The van der Waals surface area contributed by atoms with E-state index >= 15 is 0 Å². The average Bonchev–Trinajstić information content (AvgIpc) is 2.87. The van der Waals surface area contributed by atoms with E-state index in [2.05, 4.69) is 4.98 Å². The quantitative estimate of drug-likeness (QED) is 0.858. The van der Waals surface area contributed by atoms with Gasteiger partial charge in [0.15, 0.2) is 10.9 Å². The summed E-state index contributed by atoms with van der Waals surface area (Å²) < 4.78 is 13.9. The van der Waals surface area contributed by atoms with Gasteiger partial charge in [0.05, 0.1) is 5.69 Å². The Morgan fingerprint density at radius 1 is 1.35 bits per heavy atom. The lowest BCUT2D eigenvalue weighted by Gasteiger charge is -2.20. The van der Waals surface area contributed by atoms with E-state index in [1.54, 1.807) is 18.2 Å². The number of carbonyl (C=O) groups excluding carboxylic acids is 1. The van der Waals surface area contributed by atoms with E-state index in [9.17, 15) is 9.18 Å². The molecule has 0 bridgehead atoms. The van der Waals surface area contributed by atoms with Gasteiger partial charge in [-0.25, -0.2) is 9.37 Å². The van der Waals surface area contributed by atoms with Gasteiger partial charge in [-0.2, -0.15) is 0 Å². The molecule has 0 fully saturated rings. The van der Waals surface area contributed by atoms with Crippen molar-refractivity contribution >= 4 is 27.9 Å². The fourth-order valence-corrected chi connectivity index (χ4v) is 3.65. The number of carbonyl (C=O) groups is 1. The van der Waals surface area contributed by atoms with Gasteiger partial charge in [-0.05, 0) is 31.9 Å². The third-order valence-corrected chi connectivity index (χ3v) is 4.59. The lowest BCUT2D eigenvalue weighted by atomic mass is 10.0. The van der Waals surface area contributed by atoms with Crippen molar-refractivity contribution in [3.8, 4) is 0 Å².